The Labute approximate surface area is 115 Å². The molecular weight excluding hydrogens is 248 g/mol. The Morgan fingerprint density at radius 2 is 1.50 bits per heavy atom. The van der Waals surface area contributed by atoms with E-state index in [0.29, 0.717) is 11.3 Å². The zero-order valence-corrected chi connectivity index (χ0v) is 10.7. The van der Waals surface area contributed by atoms with Gasteiger partial charge in [0.25, 0.3) is 5.91 Å². The van der Waals surface area contributed by atoms with E-state index >= 15 is 0 Å². The molecule has 0 unspecified atom stereocenters. The molecule has 0 spiro atoms. The van der Waals surface area contributed by atoms with E-state index in [-0.39, 0.29) is 0 Å². The lowest BCUT2D eigenvalue weighted by Gasteiger charge is -2.14. The summed E-state index contributed by atoms with van der Waals surface area (Å²) in [5, 5.41) is 6.51. The highest BCUT2D eigenvalue weighted by Gasteiger charge is 2.15. The fraction of sp³-hybridized carbons (Fsp3) is 0. The average molecular weight is 260 g/mol. The van der Waals surface area contributed by atoms with Crippen molar-refractivity contribution in [1.29, 1.82) is 0 Å². The molecule has 0 saturated carbocycles. The number of nitrogens with two attached hydrogens (primary N) is 2. The first kappa shape index (κ1) is 11.1. The maximum absolute atomic E-state index is 11.5. The summed E-state index contributed by atoms with van der Waals surface area (Å²) in [5.74, 6) is -0.493. The molecule has 0 aliphatic heterocycles. The second-order valence-electron chi connectivity index (χ2n) is 5.06. The molecule has 0 aromatic heterocycles. The minimum atomic E-state index is -0.493. The van der Waals surface area contributed by atoms with E-state index in [0.717, 1.165) is 16.2 Å². The Morgan fingerprint density at radius 3 is 2.20 bits per heavy atom. The second-order valence-corrected chi connectivity index (χ2v) is 5.06. The van der Waals surface area contributed by atoms with Gasteiger partial charge in [-0.3, -0.25) is 4.79 Å². The summed E-state index contributed by atoms with van der Waals surface area (Å²) in [6.45, 7) is 0. The van der Waals surface area contributed by atoms with Crippen molar-refractivity contribution in [2.45, 2.75) is 0 Å². The van der Waals surface area contributed by atoms with Crippen molar-refractivity contribution in [2.75, 3.05) is 5.73 Å². The number of rotatable bonds is 1. The van der Waals surface area contributed by atoms with Crippen molar-refractivity contribution in [3.05, 3.63) is 54.1 Å². The molecule has 0 atom stereocenters. The highest BCUT2D eigenvalue weighted by molar-refractivity contribution is 6.27. The zero-order valence-electron chi connectivity index (χ0n) is 10.7. The monoisotopic (exact) mass is 260 g/mol. The Hall–Kier alpha value is -2.81. The van der Waals surface area contributed by atoms with Crippen molar-refractivity contribution in [1.82, 2.24) is 0 Å². The molecule has 0 fully saturated rings. The number of benzene rings is 4. The van der Waals surface area contributed by atoms with Crippen LogP contribution in [0.15, 0.2) is 48.5 Å². The molecule has 0 heterocycles. The molecule has 0 aliphatic carbocycles. The summed E-state index contributed by atoms with van der Waals surface area (Å²) in [6, 6.07) is 16.1. The molecule has 3 nitrogen and oxygen atoms in total. The Kier molecular flexibility index (Phi) is 1.99. The lowest BCUT2D eigenvalue weighted by atomic mass is 9.91. The van der Waals surface area contributed by atoms with E-state index in [1.165, 1.54) is 16.2 Å². The number of hydrogen-bond acceptors (Lipinski definition) is 2. The summed E-state index contributed by atoms with van der Waals surface area (Å²) in [4.78, 5) is 11.5. The predicted molar refractivity (Wildman–Crippen MR) is 83.1 cm³/mol. The van der Waals surface area contributed by atoms with Crippen LogP contribution in [0, 0.1) is 0 Å². The predicted octanol–water partition coefficient (Wildman–Crippen LogP) is 3.27. The standard InChI is InChI=1S/C17H12N2O/c18-16-12-7-6-10-3-1-2-9-4-5-11(15(12)14(9)10)8-13(16)17(19)20/h1-8H,18H2,(H2,19,20). The highest BCUT2D eigenvalue weighted by atomic mass is 16.1. The largest absolute Gasteiger partial charge is 0.398 e. The van der Waals surface area contributed by atoms with Gasteiger partial charge in [0, 0.05) is 5.39 Å². The van der Waals surface area contributed by atoms with Crippen LogP contribution in [0.5, 0.6) is 0 Å². The van der Waals surface area contributed by atoms with E-state index in [2.05, 4.69) is 18.2 Å². The molecular formula is C17H12N2O. The van der Waals surface area contributed by atoms with E-state index in [1.807, 2.05) is 24.3 Å². The number of hydrogen-bond donors (Lipinski definition) is 2. The quantitative estimate of drug-likeness (QED) is 0.407. The smallest absolute Gasteiger partial charge is 0.250 e. The van der Waals surface area contributed by atoms with Crippen molar-refractivity contribution in [3.63, 3.8) is 0 Å². The van der Waals surface area contributed by atoms with Crippen LogP contribution in [-0.4, -0.2) is 5.91 Å². The van der Waals surface area contributed by atoms with Crippen molar-refractivity contribution < 1.29 is 4.79 Å². The van der Waals surface area contributed by atoms with Gasteiger partial charge in [0.2, 0.25) is 0 Å². The Morgan fingerprint density at radius 1 is 0.850 bits per heavy atom. The molecule has 4 aromatic carbocycles. The zero-order chi connectivity index (χ0) is 13.9. The van der Waals surface area contributed by atoms with Crippen molar-refractivity contribution >= 4 is 43.9 Å². The fourth-order valence-corrected chi connectivity index (χ4v) is 3.04. The number of nitrogen functional groups attached to an aromatic ring is 1. The molecule has 0 saturated heterocycles. The maximum Gasteiger partial charge on any atom is 0.250 e. The van der Waals surface area contributed by atoms with Crippen LogP contribution in [0.25, 0.3) is 32.3 Å². The second kappa shape index (κ2) is 3.61. The van der Waals surface area contributed by atoms with Crippen LogP contribution < -0.4 is 11.5 Å². The molecule has 1 amide bonds. The van der Waals surface area contributed by atoms with Gasteiger partial charge in [-0.05, 0) is 33.0 Å². The van der Waals surface area contributed by atoms with Gasteiger partial charge in [-0.1, -0.05) is 42.5 Å². The molecule has 3 heteroatoms. The normalized spacial score (nSPS) is 11.6. The third-order valence-electron chi connectivity index (χ3n) is 3.95. The third-order valence-corrected chi connectivity index (χ3v) is 3.95. The number of amides is 1. The lowest BCUT2D eigenvalue weighted by molar-refractivity contribution is 0.100. The first-order chi connectivity index (χ1) is 9.66. The number of primary amides is 1. The summed E-state index contributed by atoms with van der Waals surface area (Å²) < 4.78 is 0. The van der Waals surface area contributed by atoms with Gasteiger partial charge < -0.3 is 11.5 Å². The fourth-order valence-electron chi connectivity index (χ4n) is 3.04. The van der Waals surface area contributed by atoms with Crippen LogP contribution in [0.1, 0.15) is 10.4 Å². The molecule has 4 N–H and O–H groups in total. The van der Waals surface area contributed by atoms with Gasteiger partial charge in [0.15, 0.2) is 0 Å². The summed E-state index contributed by atoms with van der Waals surface area (Å²) >= 11 is 0. The molecule has 0 bridgehead atoms. The van der Waals surface area contributed by atoms with Crippen LogP contribution in [0.3, 0.4) is 0 Å². The minimum Gasteiger partial charge on any atom is -0.398 e. The number of anilines is 1. The Balaban J connectivity index is 2.36. The summed E-state index contributed by atoms with van der Waals surface area (Å²) in [5.41, 5.74) is 12.4. The van der Waals surface area contributed by atoms with Gasteiger partial charge >= 0.3 is 0 Å². The van der Waals surface area contributed by atoms with Crippen molar-refractivity contribution in [3.8, 4) is 0 Å². The maximum atomic E-state index is 11.5. The van der Waals surface area contributed by atoms with Gasteiger partial charge in [0.05, 0.1) is 11.3 Å². The molecule has 20 heavy (non-hydrogen) atoms. The first-order valence-electron chi connectivity index (χ1n) is 6.42. The van der Waals surface area contributed by atoms with E-state index in [9.17, 15) is 4.79 Å². The van der Waals surface area contributed by atoms with Crippen LogP contribution in [0.4, 0.5) is 5.69 Å². The molecule has 0 aliphatic rings. The van der Waals surface area contributed by atoms with Gasteiger partial charge in [0.1, 0.15) is 0 Å². The molecule has 4 rings (SSSR count). The Bertz CT molecular complexity index is 973. The number of carbonyl (C=O) groups excluding carboxylic acids is 1. The van der Waals surface area contributed by atoms with Crippen LogP contribution >= 0.6 is 0 Å². The first-order valence-corrected chi connectivity index (χ1v) is 6.42. The lowest BCUT2D eigenvalue weighted by Crippen LogP contribution is -2.13. The van der Waals surface area contributed by atoms with Crippen LogP contribution in [-0.2, 0) is 0 Å². The third kappa shape index (κ3) is 1.26. The highest BCUT2D eigenvalue weighted by Crippen LogP contribution is 2.38. The minimum absolute atomic E-state index is 0.385. The van der Waals surface area contributed by atoms with Crippen molar-refractivity contribution in [2.24, 2.45) is 5.73 Å². The molecule has 4 aromatic rings. The van der Waals surface area contributed by atoms with E-state index in [4.69, 9.17) is 11.5 Å². The SMILES string of the molecule is NC(=O)c1cc2ccc3cccc4ccc(c1N)c2c34. The van der Waals surface area contributed by atoms with Gasteiger partial charge in [-0.15, -0.1) is 0 Å². The molecule has 96 valence electrons. The topological polar surface area (TPSA) is 69.1 Å². The summed E-state index contributed by atoms with van der Waals surface area (Å²) in [7, 11) is 0. The van der Waals surface area contributed by atoms with E-state index < -0.39 is 5.91 Å². The molecule has 0 radical (unpaired) electrons. The number of carbonyl (C=O) groups is 1. The van der Waals surface area contributed by atoms with E-state index in [1.54, 1.807) is 6.07 Å². The average Bonchev–Trinajstić information content (AvgIpc) is 2.46. The van der Waals surface area contributed by atoms with Gasteiger partial charge in [-0.25, -0.2) is 0 Å². The van der Waals surface area contributed by atoms with Gasteiger partial charge in [-0.2, -0.15) is 0 Å². The summed E-state index contributed by atoms with van der Waals surface area (Å²) in [6.07, 6.45) is 0. The van der Waals surface area contributed by atoms with Crippen LogP contribution in [0.2, 0.25) is 0 Å².